The van der Waals surface area contributed by atoms with Crippen LogP contribution in [-0.4, -0.2) is 29.1 Å². The van der Waals surface area contributed by atoms with E-state index in [1.807, 2.05) is 11.0 Å². The molecule has 0 amide bonds. The average Bonchev–Trinajstić information content (AvgIpc) is 2.83. The van der Waals surface area contributed by atoms with Gasteiger partial charge in [-0.3, -0.25) is 9.78 Å². The Bertz CT molecular complexity index is 737. The van der Waals surface area contributed by atoms with Crippen molar-refractivity contribution in [2.45, 2.75) is 13.3 Å². The van der Waals surface area contributed by atoms with E-state index < -0.39 is 17.2 Å². The molecular formula is C15H14ClFN2O2. The van der Waals surface area contributed by atoms with E-state index in [1.165, 1.54) is 6.07 Å². The number of pyridine rings is 1. The van der Waals surface area contributed by atoms with Crippen LogP contribution in [0.25, 0.3) is 10.9 Å². The molecule has 0 radical (unpaired) electrons. The third-order valence-corrected chi connectivity index (χ3v) is 4.38. The standard InChI is InChI=1S/C15H14ClFN2O2/c1-15(14(20)21)3-5-19(8-15)13-2-4-18-12-7-11(17)10(16)6-9(12)13/h2,4,6-7H,3,5,8H2,1H3,(H,20,21). The Labute approximate surface area is 126 Å². The highest BCUT2D eigenvalue weighted by Gasteiger charge is 2.40. The van der Waals surface area contributed by atoms with Crippen molar-refractivity contribution in [3.63, 3.8) is 0 Å². The normalized spacial score (nSPS) is 22.0. The zero-order valence-electron chi connectivity index (χ0n) is 11.4. The number of carbonyl (C=O) groups is 1. The molecule has 1 aliphatic rings. The van der Waals surface area contributed by atoms with Crippen LogP contribution < -0.4 is 4.90 Å². The maximum absolute atomic E-state index is 13.5. The molecule has 4 nitrogen and oxygen atoms in total. The van der Waals surface area contributed by atoms with Crippen LogP contribution in [0.2, 0.25) is 5.02 Å². The molecule has 21 heavy (non-hydrogen) atoms. The Morgan fingerprint density at radius 3 is 2.95 bits per heavy atom. The van der Waals surface area contributed by atoms with Crippen LogP contribution in [-0.2, 0) is 4.79 Å². The van der Waals surface area contributed by atoms with Gasteiger partial charge in [0.15, 0.2) is 0 Å². The van der Waals surface area contributed by atoms with Gasteiger partial charge in [0.2, 0.25) is 0 Å². The lowest BCUT2D eigenvalue weighted by Crippen LogP contribution is -2.31. The molecule has 1 aliphatic heterocycles. The maximum Gasteiger partial charge on any atom is 0.311 e. The molecule has 1 unspecified atom stereocenters. The number of nitrogens with zero attached hydrogens (tertiary/aromatic N) is 2. The van der Waals surface area contributed by atoms with E-state index in [0.717, 1.165) is 11.1 Å². The lowest BCUT2D eigenvalue weighted by molar-refractivity contribution is -0.146. The number of benzene rings is 1. The van der Waals surface area contributed by atoms with Crippen LogP contribution in [0.4, 0.5) is 10.1 Å². The van der Waals surface area contributed by atoms with Crippen LogP contribution in [0.1, 0.15) is 13.3 Å². The molecule has 2 aromatic rings. The number of hydrogen-bond acceptors (Lipinski definition) is 3. The minimum atomic E-state index is -0.799. The van der Waals surface area contributed by atoms with E-state index in [2.05, 4.69) is 4.98 Å². The van der Waals surface area contributed by atoms with E-state index in [1.54, 1.807) is 19.2 Å². The smallest absolute Gasteiger partial charge is 0.311 e. The van der Waals surface area contributed by atoms with E-state index >= 15 is 0 Å². The molecule has 1 fully saturated rings. The van der Waals surface area contributed by atoms with Gasteiger partial charge in [0.1, 0.15) is 5.82 Å². The third kappa shape index (κ3) is 2.31. The number of halogens is 2. The summed E-state index contributed by atoms with van der Waals surface area (Å²) in [6.07, 6.45) is 2.17. The highest BCUT2D eigenvalue weighted by atomic mass is 35.5. The van der Waals surface area contributed by atoms with Crippen molar-refractivity contribution in [1.82, 2.24) is 4.98 Å². The predicted molar refractivity (Wildman–Crippen MR) is 79.3 cm³/mol. The summed E-state index contributed by atoms with van der Waals surface area (Å²) in [5.74, 6) is -1.31. The Morgan fingerprint density at radius 1 is 1.52 bits per heavy atom. The number of aliphatic carboxylic acids is 1. The zero-order valence-corrected chi connectivity index (χ0v) is 12.2. The fraction of sp³-hybridized carbons (Fsp3) is 0.333. The topological polar surface area (TPSA) is 53.4 Å². The van der Waals surface area contributed by atoms with Gasteiger partial charge in [-0.15, -0.1) is 0 Å². The first-order valence-electron chi connectivity index (χ1n) is 6.63. The summed E-state index contributed by atoms with van der Waals surface area (Å²) in [7, 11) is 0. The quantitative estimate of drug-likeness (QED) is 0.924. The summed E-state index contributed by atoms with van der Waals surface area (Å²) < 4.78 is 13.5. The number of rotatable bonds is 2. The van der Waals surface area contributed by atoms with Gasteiger partial charge in [-0.2, -0.15) is 0 Å². The minimum Gasteiger partial charge on any atom is -0.481 e. The summed E-state index contributed by atoms with van der Waals surface area (Å²) in [5, 5.41) is 10.1. The molecule has 1 aromatic heterocycles. The molecule has 3 rings (SSSR count). The summed E-state index contributed by atoms with van der Waals surface area (Å²) in [6, 6.07) is 4.66. The molecule has 1 atom stereocenters. The highest BCUT2D eigenvalue weighted by Crippen LogP contribution is 2.37. The van der Waals surface area contributed by atoms with Gasteiger partial charge in [-0.25, -0.2) is 4.39 Å². The molecule has 1 aromatic carbocycles. The van der Waals surface area contributed by atoms with E-state index in [9.17, 15) is 14.3 Å². The molecule has 1 saturated heterocycles. The number of aromatic nitrogens is 1. The first-order chi connectivity index (χ1) is 9.90. The first-order valence-corrected chi connectivity index (χ1v) is 7.01. The molecule has 6 heteroatoms. The third-order valence-electron chi connectivity index (χ3n) is 4.09. The molecule has 1 N–H and O–H groups in total. The van der Waals surface area contributed by atoms with Gasteiger partial charge < -0.3 is 10.0 Å². The second-order valence-electron chi connectivity index (χ2n) is 5.65. The Balaban J connectivity index is 2.06. The van der Waals surface area contributed by atoms with Crippen molar-refractivity contribution in [1.29, 1.82) is 0 Å². The fourth-order valence-corrected chi connectivity index (χ4v) is 2.91. The average molecular weight is 309 g/mol. The van der Waals surface area contributed by atoms with E-state index in [0.29, 0.717) is 25.0 Å². The summed E-state index contributed by atoms with van der Waals surface area (Å²) >= 11 is 5.86. The van der Waals surface area contributed by atoms with Gasteiger partial charge in [0.05, 0.1) is 16.0 Å². The SMILES string of the molecule is CC1(C(=O)O)CCN(c2ccnc3cc(F)c(Cl)cc23)C1. The molecular weight excluding hydrogens is 295 g/mol. The Kier molecular flexibility index (Phi) is 3.24. The van der Waals surface area contributed by atoms with Gasteiger partial charge >= 0.3 is 5.97 Å². The number of anilines is 1. The molecule has 110 valence electrons. The van der Waals surface area contributed by atoms with Crippen LogP contribution in [0.15, 0.2) is 24.4 Å². The largest absolute Gasteiger partial charge is 0.481 e. The molecule has 0 bridgehead atoms. The number of fused-ring (bicyclic) bond motifs is 1. The highest BCUT2D eigenvalue weighted by molar-refractivity contribution is 6.31. The van der Waals surface area contributed by atoms with Crippen LogP contribution in [0, 0.1) is 11.2 Å². The summed E-state index contributed by atoms with van der Waals surface area (Å²) in [5.41, 5.74) is 0.588. The predicted octanol–water partition coefficient (Wildman–Crippen LogP) is 3.33. The van der Waals surface area contributed by atoms with Crippen LogP contribution in [0.3, 0.4) is 0 Å². The van der Waals surface area contributed by atoms with Gasteiger partial charge in [-0.05, 0) is 25.5 Å². The van der Waals surface area contributed by atoms with E-state index in [-0.39, 0.29) is 5.02 Å². The van der Waals surface area contributed by atoms with Crippen molar-refractivity contribution in [2.24, 2.45) is 5.41 Å². The van der Waals surface area contributed by atoms with Crippen LogP contribution >= 0.6 is 11.6 Å². The second-order valence-corrected chi connectivity index (χ2v) is 6.06. The van der Waals surface area contributed by atoms with Gasteiger partial charge in [0, 0.05) is 36.4 Å². The molecule has 0 aliphatic carbocycles. The second kappa shape index (κ2) is 4.84. The summed E-state index contributed by atoms with van der Waals surface area (Å²) in [4.78, 5) is 17.5. The number of carboxylic acids is 1. The minimum absolute atomic E-state index is 0.0388. The van der Waals surface area contributed by atoms with Crippen molar-refractivity contribution < 1.29 is 14.3 Å². The fourth-order valence-electron chi connectivity index (χ4n) is 2.74. The van der Waals surface area contributed by atoms with E-state index in [4.69, 9.17) is 11.6 Å². The van der Waals surface area contributed by atoms with Crippen molar-refractivity contribution in [2.75, 3.05) is 18.0 Å². The van der Waals surface area contributed by atoms with Crippen molar-refractivity contribution in [3.05, 3.63) is 35.2 Å². The number of carboxylic acid groups (broad SMARTS) is 1. The zero-order chi connectivity index (χ0) is 15.2. The monoisotopic (exact) mass is 308 g/mol. The van der Waals surface area contributed by atoms with Gasteiger partial charge in [0.25, 0.3) is 0 Å². The molecule has 2 heterocycles. The Morgan fingerprint density at radius 2 is 2.29 bits per heavy atom. The van der Waals surface area contributed by atoms with Crippen molar-refractivity contribution >= 4 is 34.2 Å². The molecule has 0 saturated carbocycles. The van der Waals surface area contributed by atoms with Gasteiger partial charge in [-0.1, -0.05) is 11.6 Å². The van der Waals surface area contributed by atoms with Crippen LogP contribution in [0.5, 0.6) is 0 Å². The summed E-state index contributed by atoms with van der Waals surface area (Å²) in [6.45, 7) is 2.79. The van der Waals surface area contributed by atoms with Crippen molar-refractivity contribution in [3.8, 4) is 0 Å². The first kappa shape index (κ1) is 14.1. The molecule has 0 spiro atoms. The lowest BCUT2D eigenvalue weighted by Gasteiger charge is -2.23. The Hall–Kier alpha value is -1.88. The maximum atomic E-state index is 13.5. The lowest BCUT2D eigenvalue weighted by atomic mass is 9.90. The number of hydrogen-bond donors (Lipinski definition) is 1.